The lowest BCUT2D eigenvalue weighted by Crippen LogP contribution is -2.35. The predicted molar refractivity (Wildman–Crippen MR) is 146 cm³/mol. The fourth-order valence-corrected chi connectivity index (χ4v) is 6.02. The van der Waals surface area contributed by atoms with Gasteiger partial charge in [0.2, 0.25) is 10.9 Å². The number of rotatable bonds is 7. The largest absolute Gasteiger partial charge is 0.506 e. The summed E-state index contributed by atoms with van der Waals surface area (Å²) >= 11 is 4.47. The number of halogens is 1. The highest BCUT2D eigenvalue weighted by Crippen LogP contribution is 2.42. The maximum Gasteiger partial charge on any atom is 0.230 e. The second-order valence-electron chi connectivity index (χ2n) is 11.5. The van der Waals surface area contributed by atoms with Crippen LogP contribution < -0.4 is 10.2 Å². The van der Waals surface area contributed by atoms with Crippen LogP contribution in [0, 0.1) is 11.3 Å². The van der Waals surface area contributed by atoms with E-state index in [1.54, 1.807) is 0 Å². The summed E-state index contributed by atoms with van der Waals surface area (Å²) < 4.78 is 0.151. The highest BCUT2D eigenvalue weighted by Gasteiger charge is 2.31. The van der Waals surface area contributed by atoms with E-state index in [0.717, 1.165) is 56.5 Å². The summed E-state index contributed by atoms with van der Waals surface area (Å²) in [4.78, 5) is 17.6. The number of piperidine rings is 1. The van der Waals surface area contributed by atoms with E-state index in [2.05, 4.69) is 78.7 Å². The van der Waals surface area contributed by atoms with Crippen molar-refractivity contribution in [3.63, 3.8) is 0 Å². The van der Waals surface area contributed by atoms with Crippen LogP contribution in [0.2, 0.25) is 0 Å². The summed E-state index contributed by atoms with van der Waals surface area (Å²) in [6.45, 7) is 16.2. The van der Waals surface area contributed by atoms with Gasteiger partial charge >= 0.3 is 0 Å². The molecule has 0 atom stereocenters. The van der Waals surface area contributed by atoms with Gasteiger partial charge in [0.05, 0.1) is 10.8 Å². The first kappa shape index (κ1) is 26.3. The van der Waals surface area contributed by atoms with Crippen LogP contribution in [0.1, 0.15) is 66.4 Å². The molecular formula is C26H41BrN3O2S+. The number of carbonyl (C=O) groups excluding carboxylic acids is 1. The smallest absolute Gasteiger partial charge is 0.230 e. The minimum absolute atomic E-state index is 0.0483. The van der Waals surface area contributed by atoms with E-state index in [-0.39, 0.29) is 16.1 Å². The number of aromatic nitrogens is 1. The van der Waals surface area contributed by atoms with Crippen molar-refractivity contribution in [3.05, 3.63) is 17.7 Å². The summed E-state index contributed by atoms with van der Waals surface area (Å²) in [6, 6.07) is 3.96. The zero-order valence-electron chi connectivity index (χ0n) is 21.0. The number of phenolic OH excluding ortho intramolecular Hbond substituents is 1. The van der Waals surface area contributed by atoms with Crippen molar-refractivity contribution in [3.8, 4) is 5.75 Å². The van der Waals surface area contributed by atoms with Gasteiger partial charge in [-0.2, -0.15) is 0 Å². The zero-order chi connectivity index (χ0) is 24.4. The van der Waals surface area contributed by atoms with E-state index >= 15 is 0 Å². The molecular weight excluding hydrogens is 498 g/mol. The SMILES string of the molecule is CC(C)(C)Cc1c([SH+]C(C)(C)C)[nH]c2c(N3CCC(CCNC(=O)CBr)CC3)c(O)ccc12. The van der Waals surface area contributed by atoms with Gasteiger partial charge in [-0.15, -0.1) is 0 Å². The van der Waals surface area contributed by atoms with Gasteiger partial charge in [-0.1, -0.05) is 36.7 Å². The van der Waals surface area contributed by atoms with Crippen molar-refractivity contribution in [2.45, 2.75) is 77.0 Å². The number of hydrogen-bond donors (Lipinski definition) is 3. The van der Waals surface area contributed by atoms with Crippen LogP contribution in [0.25, 0.3) is 10.9 Å². The lowest BCUT2D eigenvalue weighted by atomic mass is 9.88. The first-order valence-corrected chi connectivity index (χ1v) is 14.1. The van der Waals surface area contributed by atoms with Gasteiger partial charge in [-0.3, -0.25) is 4.79 Å². The van der Waals surface area contributed by atoms with Crippen LogP contribution in [-0.4, -0.2) is 45.7 Å². The maximum absolute atomic E-state index is 11.5. The van der Waals surface area contributed by atoms with E-state index in [9.17, 15) is 9.90 Å². The van der Waals surface area contributed by atoms with Crippen molar-refractivity contribution in [1.82, 2.24) is 10.3 Å². The summed E-state index contributed by atoms with van der Waals surface area (Å²) in [5.74, 6) is 1.01. The molecule has 7 heteroatoms. The third-order valence-corrected chi connectivity index (χ3v) is 7.88. The molecule has 0 saturated carbocycles. The normalized spacial score (nSPS) is 15.9. The Labute approximate surface area is 211 Å². The average molecular weight is 540 g/mol. The molecule has 33 heavy (non-hydrogen) atoms. The Hall–Kier alpha value is -1.34. The van der Waals surface area contributed by atoms with Crippen LogP contribution in [0.3, 0.4) is 0 Å². The Kier molecular flexibility index (Phi) is 8.37. The van der Waals surface area contributed by atoms with Crippen LogP contribution >= 0.6 is 15.9 Å². The van der Waals surface area contributed by atoms with Gasteiger partial charge in [-0.05, 0) is 69.9 Å². The number of phenols is 1. The lowest BCUT2D eigenvalue weighted by Gasteiger charge is -2.34. The molecule has 184 valence electrons. The number of H-pyrrole nitrogens is 1. The second-order valence-corrected chi connectivity index (χ2v) is 14.1. The van der Waals surface area contributed by atoms with E-state index in [0.29, 0.717) is 17.0 Å². The van der Waals surface area contributed by atoms with Gasteiger partial charge in [-0.25, -0.2) is 0 Å². The Bertz CT molecular complexity index is 967. The number of aromatic hydroxyl groups is 1. The van der Waals surface area contributed by atoms with Crippen molar-refractivity contribution in [1.29, 1.82) is 0 Å². The van der Waals surface area contributed by atoms with Crippen molar-refractivity contribution >= 4 is 50.2 Å². The molecule has 2 aromatic rings. The highest BCUT2D eigenvalue weighted by molar-refractivity contribution is 9.09. The molecule has 3 N–H and O–H groups in total. The number of thiol groups is 1. The molecule has 0 aliphatic carbocycles. The maximum atomic E-state index is 11.5. The predicted octanol–water partition coefficient (Wildman–Crippen LogP) is 5.55. The monoisotopic (exact) mass is 538 g/mol. The molecule has 0 spiro atoms. The Morgan fingerprint density at radius 3 is 2.45 bits per heavy atom. The number of aromatic amines is 1. The molecule has 3 rings (SSSR count). The molecule has 1 aliphatic heterocycles. The molecule has 0 unspecified atom stereocenters. The van der Waals surface area contributed by atoms with E-state index in [1.165, 1.54) is 27.7 Å². The van der Waals surface area contributed by atoms with Crippen LogP contribution in [0.4, 0.5) is 5.69 Å². The highest BCUT2D eigenvalue weighted by atomic mass is 79.9. The van der Waals surface area contributed by atoms with Crippen molar-refractivity contribution in [2.75, 3.05) is 29.9 Å². The molecule has 5 nitrogen and oxygen atoms in total. The number of nitrogens with zero attached hydrogens (tertiary/aromatic N) is 1. The van der Waals surface area contributed by atoms with Gasteiger partial charge < -0.3 is 20.3 Å². The topological polar surface area (TPSA) is 68.4 Å². The molecule has 1 saturated heterocycles. The molecule has 2 heterocycles. The number of nitrogens with one attached hydrogen (secondary N) is 2. The first-order valence-electron chi connectivity index (χ1n) is 12.0. The Morgan fingerprint density at radius 2 is 1.88 bits per heavy atom. The number of carbonyl (C=O) groups is 1. The van der Waals surface area contributed by atoms with Gasteiger partial charge in [0.15, 0.2) is 0 Å². The Morgan fingerprint density at radius 1 is 1.21 bits per heavy atom. The zero-order valence-corrected chi connectivity index (χ0v) is 23.5. The van der Waals surface area contributed by atoms with Crippen LogP contribution in [0.5, 0.6) is 5.75 Å². The fourth-order valence-electron chi connectivity index (χ4n) is 4.65. The average Bonchev–Trinajstić information content (AvgIpc) is 3.02. The Balaban J connectivity index is 1.85. The molecule has 1 aromatic heterocycles. The minimum atomic E-state index is 0.0483. The number of anilines is 1. The molecule has 1 aliphatic rings. The third-order valence-electron chi connectivity index (χ3n) is 6.09. The second kappa shape index (κ2) is 10.5. The van der Waals surface area contributed by atoms with Crippen molar-refractivity contribution in [2.24, 2.45) is 11.3 Å². The van der Waals surface area contributed by atoms with Gasteiger partial charge in [0.1, 0.15) is 16.2 Å². The number of hydrogen-bond acceptors (Lipinski definition) is 3. The minimum Gasteiger partial charge on any atom is -0.506 e. The molecule has 0 radical (unpaired) electrons. The number of alkyl halides is 1. The summed E-state index contributed by atoms with van der Waals surface area (Å²) in [5.41, 5.74) is 3.58. The van der Waals surface area contributed by atoms with Crippen LogP contribution in [0.15, 0.2) is 17.2 Å². The standard InChI is InChI=1S/C26H40BrN3O2S/c1-25(2,3)15-19-18-7-8-20(31)23(22(18)29-24(19)33-26(4,5)6)30-13-10-17(11-14-30)9-12-28-21(32)16-27/h7-8,17,29,31H,9-16H2,1-6H3,(H,28,32)/p+1. The van der Waals surface area contributed by atoms with Crippen LogP contribution in [-0.2, 0) is 23.0 Å². The lowest BCUT2D eigenvalue weighted by molar-refractivity contribution is -0.118. The van der Waals surface area contributed by atoms with E-state index in [1.807, 2.05) is 6.07 Å². The number of amides is 1. The summed E-state index contributed by atoms with van der Waals surface area (Å²) in [6.07, 6.45) is 4.15. The van der Waals surface area contributed by atoms with Crippen molar-refractivity contribution < 1.29 is 9.90 Å². The first-order chi connectivity index (χ1) is 15.4. The summed E-state index contributed by atoms with van der Waals surface area (Å²) in [5, 5.41) is 16.7. The summed E-state index contributed by atoms with van der Waals surface area (Å²) in [7, 11) is 0. The molecule has 1 aromatic carbocycles. The van der Waals surface area contributed by atoms with E-state index in [4.69, 9.17) is 0 Å². The molecule has 0 bridgehead atoms. The third kappa shape index (κ3) is 7.08. The quantitative estimate of drug-likeness (QED) is 0.246. The van der Waals surface area contributed by atoms with Gasteiger partial charge in [0.25, 0.3) is 0 Å². The molecule has 1 fully saturated rings. The number of fused-ring (bicyclic) bond motifs is 1. The van der Waals surface area contributed by atoms with E-state index < -0.39 is 0 Å². The number of benzene rings is 1. The fraction of sp³-hybridized carbons (Fsp3) is 0.654. The van der Waals surface area contributed by atoms with Gasteiger partial charge in [0, 0.05) is 42.3 Å². The molecule has 1 amide bonds.